The molecular formula is C15H28N4. The minimum Gasteiger partial charge on any atom is -0.342 e. The van der Waals surface area contributed by atoms with Crippen LogP contribution in [0.3, 0.4) is 0 Å². The van der Waals surface area contributed by atoms with Crippen molar-refractivity contribution in [2.24, 2.45) is 16.3 Å². The molecule has 19 heavy (non-hydrogen) atoms. The number of hydrogen-bond donors (Lipinski definition) is 2. The second-order valence-electron chi connectivity index (χ2n) is 6.73. The average Bonchev–Trinajstić information content (AvgIpc) is 3.10. The van der Waals surface area contributed by atoms with E-state index in [0.717, 1.165) is 19.0 Å². The Balaban J connectivity index is 1.59. The van der Waals surface area contributed by atoms with Crippen LogP contribution >= 0.6 is 0 Å². The fourth-order valence-corrected chi connectivity index (χ4v) is 4.23. The molecule has 2 saturated carbocycles. The van der Waals surface area contributed by atoms with E-state index in [1.165, 1.54) is 64.2 Å². The highest BCUT2D eigenvalue weighted by atomic mass is 15.4. The summed E-state index contributed by atoms with van der Waals surface area (Å²) in [7, 11) is 0. The molecule has 3 N–H and O–H groups in total. The molecule has 3 fully saturated rings. The molecular weight excluding hydrogens is 236 g/mol. The van der Waals surface area contributed by atoms with Gasteiger partial charge in [-0.05, 0) is 43.9 Å². The maximum absolute atomic E-state index is 5.70. The summed E-state index contributed by atoms with van der Waals surface area (Å²) in [6.07, 6.45) is 13.6. The van der Waals surface area contributed by atoms with Crippen LogP contribution in [0.4, 0.5) is 0 Å². The van der Waals surface area contributed by atoms with Crippen molar-refractivity contribution < 1.29 is 0 Å². The quantitative estimate of drug-likeness (QED) is 0.331. The Hall–Kier alpha value is -0.770. The zero-order valence-corrected chi connectivity index (χ0v) is 12.0. The summed E-state index contributed by atoms with van der Waals surface area (Å²) in [4.78, 5) is 7.22. The fourth-order valence-electron chi connectivity index (χ4n) is 4.23. The number of nitrogens with two attached hydrogens (primary N) is 1. The molecule has 0 radical (unpaired) electrons. The highest BCUT2D eigenvalue weighted by Gasteiger charge is 2.37. The summed E-state index contributed by atoms with van der Waals surface area (Å²) in [5.41, 5.74) is 3.52. The van der Waals surface area contributed by atoms with Gasteiger partial charge in [0.25, 0.3) is 0 Å². The summed E-state index contributed by atoms with van der Waals surface area (Å²) in [6.45, 7) is 2.27. The normalized spacial score (nSPS) is 28.3. The number of nitrogens with one attached hydrogen (secondary N) is 1. The standard InChI is InChI=1S/C15H28N4/c16-18-14(17-13-5-1-2-6-13)19-11-9-15(10-12-19)7-3-4-8-15/h13H,1-12,16H2,(H,17,18). The summed E-state index contributed by atoms with van der Waals surface area (Å²) >= 11 is 0. The number of hydrogen-bond acceptors (Lipinski definition) is 2. The number of guanidine groups is 1. The van der Waals surface area contributed by atoms with Crippen molar-refractivity contribution in [3.05, 3.63) is 0 Å². The molecule has 108 valence electrons. The first kappa shape index (κ1) is 13.2. The van der Waals surface area contributed by atoms with Crippen molar-refractivity contribution in [2.45, 2.75) is 70.3 Å². The molecule has 1 aliphatic heterocycles. The lowest BCUT2D eigenvalue weighted by Gasteiger charge is -2.40. The number of rotatable bonds is 1. The first-order chi connectivity index (χ1) is 9.31. The van der Waals surface area contributed by atoms with Gasteiger partial charge in [-0.2, -0.15) is 0 Å². The lowest BCUT2D eigenvalue weighted by molar-refractivity contribution is 0.151. The number of piperidine rings is 1. The van der Waals surface area contributed by atoms with Crippen LogP contribution in [0.25, 0.3) is 0 Å². The van der Waals surface area contributed by atoms with Gasteiger partial charge < -0.3 is 4.90 Å². The van der Waals surface area contributed by atoms with E-state index in [1.807, 2.05) is 0 Å². The zero-order valence-electron chi connectivity index (χ0n) is 12.0. The Morgan fingerprint density at radius 1 is 1.00 bits per heavy atom. The smallest absolute Gasteiger partial charge is 0.208 e. The third-order valence-electron chi connectivity index (χ3n) is 5.55. The van der Waals surface area contributed by atoms with E-state index in [2.05, 4.69) is 10.3 Å². The number of hydrazine groups is 1. The maximum atomic E-state index is 5.70. The SMILES string of the molecule is NNC(=NC1CCCC1)N1CCC2(CCCC2)CC1. The number of likely N-dealkylation sites (tertiary alicyclic amines) is 1. The van der Waals surface area contributed by atoms with Crippen LogP contribution in [0.5, 0.6) is 0 Å². The van der Waals surface area contributed by atoms with Gasteiger partial charge in [0.1, 0.15) is 0 Å². The van der Waals surface area contributed by atoms with Crippen LogP contribution in [0, 0.1) is 5.41 Å². The van der Waals surface area contributed by atoms with Gasteiger partial charge in [0.15, 0.2) is 0 Å². The monoisotopic (exact) mass is 264 g/mol. The topological polar surface area (TPSA) is 53.6 Å². The number of nitrogens with zero attached hydrogens (tertiary/aromatic N) is 2. The van der Waals surface area contributed by atoms with Crippen molar-refractivity contribution in [1.82, 2.24) is 10.3 Å². The Bertz CT molecular complexity index is 317. The fraction of sp³-hybridized carbons (Fsp3) is 0.933. The van der Waals surface area contributed by atoms with Crippen molar-refractivity contribution in [2.75, 3.05) is 13.1 Å². The highest BCUT2D eigenvalue weighted by molar-refractivity contribution is 5.79. The summed E-state index contributed by atoms with van der Waals surface area (Å²) in [6, 6.07) is 0.508. The summed E-state index contributed by atoms with van der Waals surface area (Å²) in [5, 5.41) is 0. The first-order valence-electron chi connectivity index (χ1n) is 8.11. The van der Waals surface area contributed by atoms with Crippen molar-refractivity contribution in [1.29, 1.82) is 0 Å². The predicted molar refractivity (Wildman–Crippen MR) is 78.7 cm³/mol. The molecule has 2 aliphatic carbocycles. The third kappa shape index (κ3) is 2.88. The van der Waals surface area contributed by atoms with Gasteiger partial charge in [-0.25, -0.2) is 10.8 Å². The highest BCUT2D eigenvalue weighted by Crippen LogP contribution is 2.46. The van der Waals surface area contributed by atoms with Crippen molar-refractivity contribution in [3.63, 3.8) is 0 Å². The molecule has 1 saturated heterocycles. The molecule has 0 aromatic carbocycles. The largest absolute Gasteiger partial charge is 0.342 e. The second-order valence-corrected chi connectivity index (χ2v) is 6.73. The van der Waals surface area contributed by atoms with Crippen LogP contribution in [-0.4, -0.2) is 30.0 Å². The lowest BCUT2D eigenvalue weighted by atomic mass is 9.77. The van der Waals surface area contributed by atoms with E-state index >= 15 is 0 Å². The van der Waals surface area contributed by atoms with E-state index in [0.29, 0.717) is 11.5 Å². The molecule has 0 unspecified atom stereocenters. The van der Waals surface area contributed by atoms with Gasteiger partial charge in [-0.15, -0.1) is 0 Å². The molecule has 0 amide bonds. The molecule has 3 aliphatic rings. The van der Waals surface area contributed by atoms with E-state index in [4.69, 9.17) is 10.8 Å². The molecule has 0 aromatic rings. The molecule has 0 atom stereocenters. The third-order valence-corrected chi connectivity index (χ3v) is 5.55. The first-order valence-corrected chi connectivity index (χ1v) is 8.11. The summed E-state index contributed by atoms with van der Waals surface area (Å²) in [5.74, 6) is 6.65. The van der Waals surface area contributed by atoms with Gasteiger partial charge in [-0.1, -0.05) is 25.7 Å². The van der Waals surface area contributed by atoms with E-state index in [1.54, 1.807) is 0 Å². The Labute approximate surface area is 116 Å². The van der Waals surface area contributed by atoms with Crippen LogP contribution in [-0.2, 0) is 0 Å². The minimum atomic E-state index is 0.508. The zero-order chi connectivity index (χ0) is 13.1. The number of aliphatic imine (C=N–C) groups is 1. The molecule has 3 rings (SSSR count). The van der Waals surface area contributed by atoms with Gasteiger partial charge >= 0.3 is 0 Å². The molecule has 1 heterocycles. The van der Waals surface area contributed by atoms with Crippen molar-refractivity contribution in [3.8, 4) is 0 Å². The summed E-state index contributed by atoms with van der Waals surface area (Å²) < 4.78 is 0. The molecule has 0 bridgehead atoms. The Kier molecular flexibility index (Phi) is 3.96. The van der Waals surface area contributed by atoms with E-state index in [9.17, 15) is 0 Å². The molecule has 4 heteroatoms. The molecule has 0 aromatic heterocycles. The maximum Gasteiger partial charge on any atom is 0.208 e. The van der Waals surface area contributed by atoms with Crippen LogP contribution in [0.1, 0.15) is 64.2 Å². The van der Waals surface area contributed by atoms with E-state index in [-0.39, 0.29) is 0 Å². The van der Waals surface area contributed by atoms with Crippen LogP contribution < -0.4 is 11.3 Å². The van der Waals surface area contributed by atoms with Gasteiger partial charge in [0, 0.05) is 13.1 Å². The molecule has 1 spiro atoms. The van der Waals surface area contributed by atoms with Gasteiger partial charge in [0.05, 0.1) is 6.04 Å². The van der Waals surface area contributed by atoms with Crippen LogP contribution in [0.15, 0.2) is 4.99 Å². The van der Waals surface area contributed by atoms with Gasteiger partial charge in [0.2, 0.25) is 5.96 Å². The molecule has 4 nitrogen and oxygen atoms in total. The average molecular weight is 264 g/mol. The van der Waals surface area contributed by atoms with Crippen LogP contribution in [0.2, 0.25) is 0 Å². The second kappa shape index (κ2) is 5.70. The van der Waals surface area contributed by atoms with E-state index < -0.39 is 0 Å². The van der Waals surface area contributed by atoms with Crippen molar-refractivity contribution >= 4 is 5.96 Å². The predicted octanol–water partition coefficient (Wildman–Crippen LogP) is 2.40. The minimum absolute atomic E-state index is 0.508. The van der Waals surface area contributed by atoms with Gasteiger partial charge in [-0.3, -0.25) is 5.43 Å². The Morgan fingerprint density at radius 3 is 2.21 bits per heavy atom. The lowest BCUT2D eigenvalue weighted by Crippen LogP contribution is -2.50. The Morgan fingerprint density at radius 2 is 1.63 bits per heavy atom.